The lowest BCUT2D eigenvalue weighted by Gasteiger charge is -2.08. The van der Waals surface area contributed by atoms with Crippen LogP contribution in [0.2, 0.25) is 0 Å². The fourth-order valence-electron chi connectivity index (χ4n) is 0.414. The molecule has 5 heteroatoms. The summed E-state index contributed by atoms with van der Waals surface area (Å²) in [5.74, 6) is -3.50. The van der Waals surface area contributed by atoms with Crippen LogP contribution >= 0.6 is 0 Å². The van der Waals surface area contributed by atoms with Gasteiger partial charge in [0, 0.05) is 5.92 Å². The normalized spacial score (nSPS) is 21.2. The summed E-state index contributed by atoms with van der Waals surface area (Å²) in [6, 6.07) is 0. The molecule has 0 spiro atoms. The predicted molar refractivity (Wildman–Crippen MR) is 26.0 cm³/mol. The summed E-state index contributed by atoms with van der Waals surface area (Å²) in [5.41, 5.74) is 0. The molecule has 0 aromatic rings. The van der Waals surface area contributed by atoms with Crippen LogP contribution in [0.3, 0.4) is 0 Å². The molecule has 52 valence electrons. The molecular weight excluding hydrogens is 140 g/mol. The largest absolute Gasteiger partial charge is 0.446 e. The van der Waals surface area contributed by atoms with Gasteiger partial charge in [-0.25, -0.2) is 9.59 Å². The van der Waals surface area contributed by atoms with Gasteiger partial charge in [0.05, 0.1) is 0 Å². The summed E-state index contributed by atoms with van der Waals surface area (Å²) in [6.07, 6.45) is 4.64. The van der Waals surface area contributed by atoms with Crippen molar-refractivity contribution in [3.63, 3.8) is 0 Å². The van der Waals surface area contributed by atoms with Crippen molar-refractivity contribution in [3.05, 3.63) is 0 Å². The first-order chi connectivity index (χ1) is 4.57. The Bertz CT molecular complexity index is 219. The van der Waals surface area contributed by atoms with E-state index >= 15 is 0 Å². The smallest absolute Gasteiger partial charge is 0.379 e. The number of aliphatic hydroxyl groups is 1. The van der Waals surface area contributed by atoms with Crippen molar-refractivity contribution in [3.8, 4) is 12.3 Å². The van der Waals surface area contributed by atoms with E-state index in [4.69, 9.17) is 5.11 Å². The molecular formula is C5H2O5. The molecule has 1 saturated heterocycles. The van der Waals surface area contributed by atoms with Crippen LogP contribution in [-0.2, 0) is 19.1 Å². The maximum absolute atomic E-state index is 10.2. The number of carbonyl (C=O) groups excluding carboxylic acids is 2. The van der Waals surface area contributed by atoms with Gasteiger partial charge >= 0.3 is 17.9 Å². The second-order valence-electron chi connectivity index (χ2n) is 1.51. The second-order valence-corrected chi connectivity index (χ2v) is 1.51. The first kappa shape index (κ1) is 6.58. The Balaban J connectivity index is 2.86. The van der Waals surface area contributed by atoms with Crippen LogP contribution in [0, 0.1) is 12.3 Å². The van der Waals surface area contributed by atoms with Crippen molar-refractivity contribution < 1.29 is 24.2 Å². The van der Waals surface area contributed by atoms with Crippen molar-refractivity contribution in [2.24, 2.45) is 0 Å². The summed E-state index contributed by atoms with van der Waals surface area (Å²) >= 11 is 0. The Morgan fingerprint density at radius 3 is 2.00 bits per heavy atom. The van der Waals surface area contributed by atoms with Crippen LogP contribution in [0.25, 0.3) is 0 Å². The van der Waals surface area contributed by atoms with E-state index in [-0.39, 0.29) is 0 Å². The highest BCUT2D eigenvalue weighted by Gasteiger charge is 2.46. The van der Waals surface area contributed by atoms with E-state index in [0.717, 1.165) is 0 Å². The number of rotatable bonds is 0. The van der Waals surface area contributed by atoms with Gasteiger partial charge in [0.25, 0.3) is 0 Å². The first-order valence-electron chi connectivity index (χ1n) is 2.24. The fourth-order valence-corrected chi connectivity index (χ4v) is 0.414. The van der Waals surface area contributed by atoms with Gasteiger partial charge in [-0.1, -0.05) is 0 Å². The van der Waals surface area contributed by atoms with Gasteiger partial charge in [-0.3, -0.25) is 0 Å². The summed E-state index contributed by atoms with van der Waals surface area (Å²) in [5, 5.41) is 8.72. The molecule has 0 unspecified atom stereocenters. The van der Waals surface area contributed by atoms with Gasteiger partial charge in [0.2, 0.25) is 0 Å². The van der Waals surface area contributed by atoms with E-state index in [9.17, 15) is 9.59 Å². The molecule has 10 heavy (non-hydrogen) atoms. The van der Waals surface area contributed by atoms with Crippen molar-refractivity contribution in [1.29, 1.82) is 0 Å². The molecule has 1 aliphatic heterocycles. The zero-order chi connectivity index (χ0) is 7.78. The minimum absolute atomic E-state index is 1.29. The molecule has 1 fully saturated rings. The molecule has 0 saturated carbocycles. The lowest BCUT2D eigenvalue weighted by molar-refractivity contribution is -0.251. The van der Waals surface area contributed by atoms with Gasteiger partial charge in [-0.15, -0.1) is 6.42 Å². The van der Waals surface area contributed by atoms with Gasteiger partial charge in [0.1, 0.15) is 0 Å². The number of hydrogen-bond donors (Lipinski definition) is 1. The van der Waals surface area contributed by atoms with E-state index in [0.29, 0.717) is 0 Å². The van der Waals surface area contributed by atoms with Crippen LogP contribution in [0.15, 0.2) is 0 Å². The summed E-state index contributed by atoms with van der Waals surface area (Å²) < 4.78 is 7.84. The fraction of sp³-hybridized carbons (Fsp3) is 0.200. The standard InChI is InChI=1S/C5H2O5/c1-2-5(8)9-3(6)4(7)10-5/h1,8H. The van der Waals surface area contributed by atoms with Crippen LogP contribution < -0.4 is 0 Å². The third-order valence-corrected chi connectivity index (χ3v) is 0.811. The average Bonchev–Trinajstić information content (AvgIpc) is 2.10. The predicted octanol–water partition coefficient (Wildman–Crippen LogP) is -1.63. The minimum atomic E-state index is -2.49. The Morgan fingerprint density at radius 1 is 1.40 bits per heavy atom. The average molecular weight is 142 g/mol. The quantitative estimate of drug-likeness (QED) is 0.249. The number of ether oxygens (including phenoxy) is 2. The highest BCUT2D eigenvalue weighted by Crippen LogP contribution is 2.15. The number of cyclic esters (lactones) is 2. The van der Waals surface area contributed by atoms with E-state index in [1.807, 2.05) is 0 Å². The second kappa shape index (κ2) is 1.72. The van der Waals surface area contributed by atoms with Crippen molar-refractivity contribution in [1.82, 2.24) is 0 Å². The molecule has 5 nitrogen and oxygen atoms in total. The lowest BCUT2D eigenvalue weighted by atomic mass is 10.6. The Kier molecular flexibility index (Phi) is 1.13. The molecule has 0 aromatic carbocycles. The summed E-state index contributed by atoms with van der Waals surface area (Å²) in [7, 11) is 0. The number of esters is 2. The zero-order valence-corrected chi connectivity index (χ0v) is 4.66. The molecule has 1 heterocycles. The zero-order valence-electron chi connectivity index (χ0n) is 4.66. The third-order valence-electron chi connectivity index (χ3n) is 0.811. The van der Waals surface area contributed by atoms with Crippen molar-refractivity contribution in [2.75, 3.05) is 0 Å². The number of terminal acetylenes is 1. The van der Waals surface area contributed by atoms with Crippen molar-refractivity contribution in [2.45, 2.75) is 5.97 Å². The maximum Gasteiger partial charge on any atom is 0.446 e. The topological polar surface area (TPSA) is 72.8 Å². The van der Waals surface area contributed by atoms with Gasteiger partial charge in [-0.2, -0.15) is 0 Å². The van der Waals surface area contributed by atoms with Crippen LogP contribution in [0.4, 0.5) is 0 Å². The Hall–Kier alpha value is -1.54. The van der Waals surface area contributed by atoms with Gasteiger partial charge in [-0.05, 0) is 0 Å². The molecule has 0 aliphatic carbocycles. The van der Waals surface area contributed by atoms with E-state index < -0.39 is 17.9 Å². The highest BCUT2D eigenvalue weighted by atomic mass is 16.9. The number of carbonyl (C=O) groups is 2. The summed E-state index contributed by atoms with van der Waals surface area (Å²) in [4.78, 5) is 20.4. The lowest BCUT2D eigenvalue weighted by Crippen LogP contribution is -2.27. The van der Waals surface area contributed by atoms with E-state index in [2.05, 4.69) is 15.9 Å². The van der Waals surface area contributed by atoms with Crippen LogP contribution in [0.5, 0.6) is 0 Å². The van der Waals surface area contributed by atoms with Gasteiger partial charge < -0.3 is 14.6 Å². The third kappa shape index (κ3) is 0.806. The minimum Gasteiger partial charge on any atom is -0.379 e. The highest BCUT2D eigenvalue weighted by molar-refractivity contribution is 6.31. The van der Waals surface area contributed by atoms with E-state index in [1.54, 1.807) is 5.92 Å². The Labute approximate surface area is 55.5 Å². The van der Waals surface area contributed by atoms with Crippen molar-refractivity contribution >= 4 is 11.9 Å². The number of hydrogen-bond acceptors (Lipinski definition) is 5. The molecule has 1 aliphatic rings. The molecule has 0 radical (unpaired) electrons. The van der Waals surface area contributed by atoms with Gasteiger partial charge in [0.15, 0.2) is 0 Å². The van der Waals surface area contributed by atoms with Crippen LogP contribution in [0.1, 0.15) is 0 Å². The molecule has 1 N–H and O–H groups in total. The monoisotopic (exact) mass is 142 g/mol. The molecule has 1 rings (SSSR count). The molecule has 0 aromatic heterocycles. The first-order valence-corrected chi connectivity index (χ1v) is 2.24. The molecule has 0 amide bonds. The molecule has 0 atom stereocenters. The SMILES string of the molecule is C#CC1(O)OC(=O)C(=O)O1. The molecule has 0 bridgehead atoms. The maximum atomic E-state index is 10.2. The Morgan fingerprint density at radius 2 is 1.80 bits per heavy atom. The summed E-state index contributed by atoms with van der Waals surface area (Å²) in [6.45, 7) is 0. The van der Waals surface area contributed by atoms with E-state index in [1.165, 1.54) is 0 Å². The van der Waals surface area contributed by atoms with Crippen LogP contribution in [-0.4, -0.2) is 23.0 Å².